The highest BCUT2D eigenvalue weighted by Crippen LogP contribution is 2.31. The summed E-state index contributed by atoms with van der Waals surface area (Å²) < 4.78 is 5.52. The molecule has 122 valence electrons. The van der Waals surface area contributed by atoms with E-state index in [0.29, 0.717) is 24.3 Å². The molecule has 1 aliphatic heterocycles. The molecule has 0 spiro atoms. The predicted octanol–water partition coefficient (Wildman–Crippen LogP) is 2.65. The maximum absolute atomic E-state index is 12.3. The van der Waals surface area contributed by atoms with Crippen LogP contribution >= 0.6 is 0 Å². The summed E-state index contributed by atoms with van der Waals surface area (Å²) in [4.78, 5) is 17.3. The van der Waals surface area contributed by atoms with Crippen LogP contribution in [0, 0.1) is 5.92 Å². The minimum absolute atomic E-state index is 0.150. The van der Waals surface area contributed by atoms with Gasteiger partial charge in [0, 0.05) is 6.42 Å². The van der Waals surface area contributed by atoms with Gasteiger partial charge in [0.1, 0.15) is 18.4 Å². The topological polar surface area (TPSA) is 68.1 Å². The molecule has 0 amide bonds. The predicted molar refractivity (Wildman–Crippen MR) is 88.6 cm³/mol. The number of fused-ring (bicyclic) bond motifs is 1. The number of carbonyl (C=O) groups excluding carboxylic acids is 1. The van der Waals surface area contributed by atoms with E-state index in [0.717, 1.165) is 11.1 Å². The van der Waals surface area contributed by atoms with Crippen molar-refractivity contribution in [3.63, 3.8) is 0 Å². The lowest BCUT2D eigenvalue weighted by atomic mass is 10.0. The summed E-state index contributed by atoms with van der Waals surface area (Å²) >= 11 is 0. The first-order chi connectivity index (χ1) is 11.7. The Morgan fingerprint density at radius 2 is 1.79 bits per heavy atom. The van der Waals surface area contributed by atoms with Gasteiger partial charge >= 0.3 is 5.97 Å². The zero-order valence-electron chi connectivity index (χ0n) is 13.0. The molecular weight excluding hydrogens is 306 g/mol. The van der Waals surface area contributed by atoms with Gasteiger partial charge in [0.2, 0.25) is 0 Å². The first-order valence-corrected chi connectivity index (χ1v) is 7.96. The van der Waals surface area contributed by atoms with Crippen LogP contribution in [0.4, 0.5) is 0 Å². The van der Waals surface area contributed by atoms with Gasteiger partial charge in [-0.15, -0.1) is 0 Å². The van der Waals surface area contributed by atoms with Crippen molar-refractivity contribution in [2.75, 3.05) is 6.61 Å². The molecule has 4 rings (SSSR count). The molecule has 1 saturated carbocycles. The molecule has 0 bridgehead atoms. The molecular formula is C19H17NO4. The fourth-order valence-corrected chi connectivity index (χ4v) is 3.19. The Hall–Kier alpha value is -2.66. The largest absolute Gasteiger partial charge is 0.452 e. The lowest BCUT2D eigenvalue weighted by molar-refractivity contribution is 0.0318. The lowest BCUT2D eigenvalue weighted by Crippen LogP contribution is -2.24. The van der Waals surface area contributed by atoms with Crippen LogP contribution in [0.2, 0.25) is 0 Å². The molecule has 1 heterocycles. The Bertz CT molecular complexity index is 770. The highest BCUT2D eigenvalue weighted by Gasteiger charge is 2.45. The third-order valence-corrected chi connectivity index (χ3v) is 4.53. The van der Waals surface area contributed by atoms with Crippen molar-refractivity contribution in [1.29, 1.82) is 0 Å². The molecule has 1 aliphatic carbocycles. The normalized spacial score (nSPS) is 24.9. The average Bonchev–Trinajstić information content (AvgIpc) is 3.21. The number of benzene rings is 2. The number of nitrogens with zero attached hydrogens (tertiary/aromatic N) is 1. The van der Waals surface area contributed by atoms with Crippen molar-refractivity contribution >= 4 is 11.7 Å². The highest BCUT2D eigenvalue weighted by molar-refractivity contribution is 5.98. The molecule has 0 aromatic heterocycles. The number of aliphatic hydroxyl groups is 1. The van der Waals surface area contributed by atoms with E-state index < -0.39 is 18.2 Å². The van der Waals surface area contributed by atoms with E-state index in [-0.39, 0.29) is 5.92 Å². The second kappa shape index (κ2) is 6.09. The summed E-state index contributed by atoms with van der Waals surface area (Å²) in [6, 6.07) is 17.3. The summed E-state index contributed by atoms with van der Waals surface area (Å²) in [6.45, 7) is 0.357. The fraction of sp³-hybridized carbons (Fsp3) is 0.263. The fourth-order valence-electron chi connectivity index (χ4n) is 3.19. The van der Waals surface area contributed by atoms with Gasteiger partial charge < -0.3 is 14.7 Å². The van der Waals surface area contributed by atoms with Crippen LogP contribution in [-0.2, 0) is 9.57 Å². The second-order valence-electron chi connectivity index (χ2n) is 6.06. The zero-order chi connectivity index (χ0) is 16.5. The summed E-state index contributed by atoms with van der Waals surface area (Å²) in [5.41, 5.74) is 3.25. The van der Waals surface area contributed by atoms with E-state index in [1.165, 1.54) is 0 Å². The molecule has 0 saturated heterocycles. The van der Waals surface area contributed by atoms with E-state index in [1.54, 1.807) is 12.1 Å². The third-order valence-electron chi connectivity index (χ3n) is 4.53. The van der Waals surface area contributed by atoms with Gasteiger partial charge in [-0.05, 0) is 23.3 Å². The summed E-state index contributed by atoms with van der Waals surface area (Å²) in [5, 5.41) is 13.9. The lowest BCUT2D eigenvalue weighted by Gasteiger charge is -2.12. The molecule has 0 radical (unpaired) electrons. The molecule has 24 heavy (non-hydrogen) atoms. The highest BCUT2D eigenvalue weighted by atomic mass is 16.6. The number of hydrogen-bond acceptors (Lipinski definition) is 5. The van der Waals surface area contributed by atoms with Crippen molar-refractivity contribution < 1.29 is 19.5 Å². The molecule has 3 atom stereocenters. The number of carbonyl (C=O) groups is 1. The first kappa shape index (κ1) is 14.9. The van der Waals surface area contributed by atoms with Crippen LogP contribution < -0.4 is 0 Å². The van der Waals surface area contributed by atoms with Gasteiger partial charge in [0.25, 0.3) is 0 Å². The van der Waals surface area contributed by atoms with E-state index >= 15 is 0 Å². The Kier molecular flexibility index (Phi) is 3.78. The average molecular weight is 323 g/mol. The second-order valence-corrected chi connectivity index (χ2v) is 6.06. The van der Waals surface area contributed by atoms with Crippen LogP contribution in [0.5, 0.6) is 0 Å². The monoisotopic (exact) mass is 323 g/mol. The third kappa shape index (κ3) is 2.67. The van der Waals surface area contributed by atoms with Gasteiger partial charge in [-0.2, -0.15) is 0 Å². The number of oxime groups is 1. The Balaban J connectivity index is 1.47. The van der Waals surface area contributed by atoms with Gasteiger partial charge in [-0.3, -0.25) is 0 Å². The van der Waals surface area contributed by atoms with E-state index in [9.17, 15) is 9.90 Å². The molecule has 2 aromatic rings. The molecule has 1 N–H and O–H groups in total. The van der Waals surface area contributed by atoms with E-state index in [2.05, 4.69) is 5.16 Å². The summed E-state index contributed by atoms with van der Waals surface area (Å²) in [7, 11) is 0. The number of ether oxygens (including phenoxy) is 1. The van der Waals surface area contributed by atoms with Crippen molar-refractivity contribution in [2.24, 2.45) is 11.1 Å². The molecule has 2 aromatic carbocycles. The number of aliphatic hydroxyl groups excluding tert-OH is 1. The number of rotatable bonds is 3. The maximum Gasteiger partial charge on any atom is 0.338 e. The quantitative estimate of drug-likeness (QED) is 0.882. The van der Waals surface area contributed by atoms with Crippen LogP contribution in [0.3, 0.4) is 0 Å². The van der Waals surface area contributed by atoms with Crippen LogP contribution in [0.15, 0.2) is 59.8 Å². The first-order valence-electron chi connectivity index (χ1n) is 7.96. The Labute approximate surface area is 139 Å². The smallest absolute Gasteiger partial charge is 0.338 e. The van der Waals surface area contributed by atoms with Crippen molar-refractivity contribution in [2.45, 2.75) is 18.6 Å². The molecule has 0 unspecified atom stereocenters. The van der Waals surface area contributed by atoms with Gasteiger partial charge in [0.15, 0.2) is 0 Å². The standard InChI is InChI=1S/C19H17NO4/c21-16-10-17(18-15(16)11-23-20-18)24-19(22)14-8-6-13(7-9-14)12-4-2-1-3-5-12/h1-9,15-17,21H,10-11H2/t15-,16+,17-/m1/s1. The van der Waals surface area contributed by atoms with Crippen molar-refractivity contribution in [1.82, 2.24) is 0 Å². The maximum atomic E-state index is 12.3. The number of esters is 1. The Morgan fingerprint density at radius 1 is 1.08 bits per heavy atom. The molecule has 2 aliphatic rings. The van der Waals surface area contributed by atoms with E-state index in [4.69, 9.17) is 9.57 Å². The zero-order valence-corrected chi connectivity index (χ0v) is 13.0. The summed E-state index contributed by atoms with van der Waals surface area (Å²) in [5.74, 6) is -0.565. The minimum Gasteiger partial charge on any atom is -0.452 e. The SMILES string of the molecule is O=C(O[C@@H]1C[C@H](O)[C@H]2CON=C12)c1ccc(-c2ccccc2)cc1. The van der Waals surface area contributed by atoms with Crippen molar-refractivity contribution in [3.8, 4) is 11.1 Å². The van der Waals surface area contributed by atoms with Gasteiger partial charge in [-0.25, -0.2) is 4.79 Å². The van der Waals surface area contributed by atoms with Crippen LogP contribution in [0.25, 0.3) is 11.1 Å². The summed E-state index contributed by atoms with van der Waals surface area (Å²) in [6.07, 6.45) is -0.695. The van der Waals surface area contributed by atoms with Crippen LogP contribution in [0.1, 0.15) is 16.8 Å². The number of hydrogen-bond donors (Lipinski definition) is 1. The molecule has 5 heteroatoms. The van der Waals surface area contributed by atoms with Crippen LogP contribution in [-0.4, -0.2) is 35.6 Å². The minimum atomic E-state index is -0.565. The van der Waals surface area contributed by atoms with E-state index in [1.807, 2.05) is 42.5 Å². The Morgan fingerprint density at radius 3 is 2.54 bits per heavy atom. The molecule has 5 nitrogen and oxygen atoms in total. The van der Waals surface area contributed by atoms with Gasteiger partial charge in [-0.1, -0.05) is 47.6 Å². The van der Waals surface area contributed by atoms with Gasteiger partial charge in [0.05, 0.1) is 17.6 Å². The van der Waals surface area contributed by atoms with Crippen molar-refractivity contribution in [3.05, 3.63) is 60.2 Å². The molecule has 1 fully saturated rings.